The molecule has 24 heavy (non-hydrogen) atoms. The Bertz CT molecular complexity index is 1100. The Hall–Kier alpha value is -3.46. The summed E-state index contributed by atoms with van der Waals surface area (Å²) in [6.07, 6.45) is 5.18. The first kappa shape index (κ1) is 14.2. The van der Waals surface area contributed by atoms with Gasteiger partial charge in [0, 0.05) is 29.1 Å². The highest BCUT2D eigenvalue weighted by Crippen LogP contribution is 2.31. The third kappa shape index (κ3) is 2.15. The van der Waals surface area contributed by atoms with Crippen LogP contribution in [0.4, 0.5) is 4.39 Å². The van der Waals surface area contributed by atoms with Crippen molar-refractivity contribution in [3.63, 3.8) is 0 Å². The van der Waals surface area contributed by atoms with E-state index < -0.39 is 0 Å². The fraction of sp³-hybridized carbons (Fsp3) is 0.0556. The number of H-pyrrole nitrogens is 1. The van der Waals surface area contributed by atoms with Crippen LogP contribution in [-0.4, -0.2) is 19.6 Å². The number of aryl methyl sites for hydroxylation is 1. The zero-order valence-electron chi connectivity index (χ0n) is 12.8. The van der Waals surface area contributed by atoms with E-state index in [2.05, 4.69) is 21.3 Å². The standard InChI is InChI=1S/C18H12FN5/c1-11-6-12(2-4-16(11)19)18-15(9-22-23-18)13-3-5-17-21-8-14(7-20)24(17)10-13/h2-6,8-10H,1H3,(H,22,23). The van der Waals surface area contributed by atoms with Crippen molar-refractivity contribution >= 4 is 5.65 Å². The van der Waals surface area contributed by atoms with Crippen LogP contribution in [0.1, 0.15) is 11.3 Å². The molecular formula is C18H12FN5. The third-order valence-corrected chi connectivity index (χ3v) is 4.00. The molecule has 116 valence electrons. The maximum atomic E-state index is 13.5. The number of nitrogens with one attached hydrogen (secondary N) is 1. The minimum atomic E-state index is -0.241. The highest BCUT2D eigenvalue weighted by Gasteiger charge is 2.13. The second kappa shape index (κ2) is 5.32. The van der Waals surface area contributed by atoms with Crippen molar-refractivity contribution in [1.82, 2.24) is 19.6 Å². The molecule has 0 amide bonds. The molecule has 4 rings (SSSR count). The lowest BCUT2D eigenvalue weighted by Crippen LogP contribution is -1.91. The van der Waals surface area contributed by atoms with E-state index in [1.807, 2.05) is 18.3 Å². The van der Waals surface area contributed by atoms with Gasteiger partial charge in [-0.2, -0.15) is 10.4 Å². The van der Waals surface area contributed by atoms with Crippen LogP contribution in [0.2, 0.25) is 0 Å². The number of aromatic amines is 1. The van der Waals surface area contributed by atoms with Crippen molar-refractivity contribution in [3.05, 3.63) is 66.0 Å². The van der Waals surface area contributed by atoms with Gasteiger partial charge in [-0.1, -0.05) is 0 Å². The van der Waals surface area contributed by atoms with Crippen LogP contribution in [0.5, 0.6) is 0 Å². The van der Waals surface area contributed by atoms with Crippen LogP contribution >= 0.6 is 0 Å². The highest BCUT2D eigenvalue weighted by molar-refractivity contribution is 5.80. The molecule has 0 saturated carbocycles. The van der Waals surface area contributed by atoms with E-state index in [0.29, 0.717) is 16.9 Å². The summed E-state index contributed by atoms with van der Waals surface area (Å²) in [5, 5.41) is 16.3. The van der Waals surface area contributed by atoms with Crippen LogP contribution in [0, 0.1) is 24.1 Å². The molecule has 3 aromatic heterocycles. The number of aromatic nitrogens is 4. The number of fused-ring (bicyclic) bond motifs is 1. The number of nitriles is 1. The predicted octanol–water partition coefficient (Wildman–Crippen LogP) is 3.71. The Morgan fingerprint density at radius 2 is 2.04 bits per heavy atom. The Morgan fingerprint density at radius 3 is 2.83 bits per heavy atom. The molecule has 4 aromatic rings. The lowest BCUT2D eigenvalue weighted by atomic mass is 10.0. The van der Waals surface area contributed by atoms with Gasteiger partial charge in [0.05, 0.1) is 11.9 Å². The van der Waals surface area contributed by atoms with Crippen LogP contribution < -0.4 is 0 Å². The van der Waals surface area contributed by atoms with E-state index in [1.54, 1.807) is 35.9 Å². The predicted molar refractivity (Wildman–Crippen MR) is 87.6 cm³/mol. The number of nitrogens with zero attached hydrogens (tertiary/aromatic N) is 4. The topological polar surface area (TPSA) is 69.8 Å². The summed E-state index contributed by atoms with van der Waals surface area (Å²) in [6, 6.07) is 10.8. The van der Waals surface area contributed by atoms with Crippen LogP contribution in [0.15, 0.2) is 48.9 Å². The zero-order chi connectivity index (χ0) is 16.7. The summed E-state index contributed by atoms with van der Waals surface area (Å²) in [5.41, 5.74) is 5.07. The molecule has 0 bridgehead atoms. The van der Waals surface area contributed by atoms with Crippen molar-refractivity contribution in [3.8, 4) is 28.5 Å². The zero-order valence-corrected chi connectivity index (χ0v) is 12.8. The smallest absolute Gasteiger partial charge is 0.144 e. The second-order valence-corrected chi connectivity index (χ2v) is 5.51. The summed E-state index contributed by atoms with van der Waals surface area (Å²) in [4.78, 5) is 4.19. The molecule has 1 aromatic carbocycles. The number of benzene rings is 1. The van der Waals surface area contributed by atoms with E-state index in [-0.39, 0.29) is 5.82 Å². The monoisotopic (exact) mass is 317 g/mol. The number of halogens is 1. The lowest BCUT2D eigenvalue weighted by molar-refractivity contribution is 0.619. The summed E-state index contributed by atoms with van der Waals surface area (Å²) >= 11 is 0. The van der Waals surface area contributed by atoms with Crippen LogP contribution in [-0.2, 0) is 0 Å². The second-order valence-electron chi connectivity index (χ2n) is 5.51. The fourth-order valence-electron chi connectivity index (χ4n) is 2.74. The maximum Gasteiger partial charge on any atom is 0.144 e. The van der Waals surface area contributed by atoms with Gasteiger partial charge in [-0.15, -0.1) is 0 Å². The molecule has 0 radical (unpaired) electrons. The molecule has 5 nitrogen and oxygen atoms in total. The molecule has 0 spiro atoms. The molecule has 0 fully saturated rings. The Balaban J connectivity index is 1.88. The average molecular weight is 317 g/mol. The summed E-state index contributed by atoms with van der Waals surface area (Å²) < 4.78 is 15.3. The maximum absolute atomic E-state index is 13.5. The van der Waals surface area contributed by atoms with Gasteiger partial charge in [-0.25, -0.2) is 9.37 Å². The normalized spacial score (nSPS) is 10.9. The lowest BCUT2D eigenvalue weighted by Gasteiger charge is -2.06. The first-order valence-electron chi connectivity index (χ1n) is 7.35. The van der Waals surface area contributed by atoms with Crippen LogP contribution in [0.3, 0.4) is 0 Å². The van der Waals surface area contributed by atoms with Crippen molar-refractivity contribution < 1.29 is 4.39 Å². The molecular weight excluding hydrogens is 305 g/mol. The average Bonchev–Trinajstić information content (AvgIpc) is 3.23. The number of imidazole rings is 1. The largest absolute Gasteiger partial charge is 0.291 e. The number of hydrogen-bond donors (Lipinski definition) is 1. The summed E-state index contributed by atoms with van der Waals surface area (Å²) in [6.45, 7) is 1.72. The SMILES string of the molecule is Cc1cc(-c2n[nH]cc2-c2ccc3ncc(C#N)n3c2)ccc1F. The van der Waals surface area contributed by atoms with E-state index in [4.69, 9.17) is 0 Å². The summed E-state index contributed by atoms with van der Waals surface area (Å²) in [5.74, 6) is -0.241. The Labute approximate surface area is 137 Å². The molecule has 0 atom stereocenters. The van der Waals surface area contributed by atoms with Gasteiger partial charge in [-0.3, -0.25) is 9.50 Å². The van der Waals surface area contributed by atoms with Gasteiger partial charge < -0.3 is 0 Å². The van der Waals surface area contributed by atoms with Gasteiger partial charge in [0.2, 0.25) is 0 Å². The van der Waals surface area contributed by atoms with Gasteiger partial charge in [0.15, 0.2) is 0 Å². The van der Waals surface area contributed by atoms with E-state index in [0.717, 1.165) is 22.4 Å². The van der Waals surface area contributed by atoms with Crippen molar-refractivity contribution in [1.29, 1.82) is 5.26 Å². The minimum Gasteiger partial charge on any atom is -0.291 e. The van der Waals surface area contributed by atoms with E-state index in [9.17, 15) is 9.65 Å². The molecule has 6 heteroatoms. The molecule has 0 unspecified atom stereocenters. The molecule has 0 aliphatic heterocycles. The minimum absolute atomic E-state index is 0.241. The molecule has 0 saturated heterocycles. The van der Waals surface area contributed by atoms with Gasteiger partial charge >= 0.3 is 0 Å². The quantitative estimate of drug-likeness (QED) is 0.612. The van der Waals surface area contributed by atoms with Crippen molar-refractivity contribution in [2.45, 2.75) is 6.92 Å². The number of pyridine rings is 1. The third-order valence-electron chi connectivity index (χ3n) is 4.00. The molecule has 0 aliphatic rings. The van der Waals surface area contributed by atoms with Crippen molar-refractivity contribution in [2.75, 3.05) is 0 Å². The Morgan fingerprint density at radius 1 is 1.21 bits per heavy atom. The van der Waals surface area contributed by atoms with Crippen LogP contribution in [0.25, 0.3) is 28.0 Å². The van der Waals surface area contributed by atoms with E-state index >= 15 is 0 Å². The fourth-order valence-corrected chi connectivity index (χ4v) is 2.74. The number of rotatable bonds is 2. The van der Waals surface area contributed by atoms with E-state index in [1.165, 1.54) is 6.07 Å². The molecule has 1 N–H and O–H groups in total. The first-order valence-corrected chi connectivity index (χ1v) is 7.35. The van der Waals surface area contributed by atoms with Gasteiger partial charge in [-0.05, 0) is 42.8 Å². The number of hydrogen-bond acceptors (Lipinski definition) is 3. The first-order chi connectivity index (χ1) is 11.7. The summed E-state index contributed by atoms with van der Waals surface area (Å²) in [7, 11) is 0. The molecule has 0 aliphatic carbocycles. The van der Waals surface area contributed by atoms with Gasteiger partial charge in [0.25, 0.3) is 0 Å². The highest BCUT2D eigenvalue weighted by atomic mass is 19.1. The molecule has 3 heterocycles. The van der Waals surface area contributed by atoms with Crippen molar-refractivity contribution in [2.24, 2.45) is 0 Å². The Kier molecular flexibility index (Phi) is 3.14. The van der Waals surface area contributed by atoms with Gasteiger partial charge in [0.1, 0.15) is 23.2 Å².